The third-order valence-electron chi connectivity index (χ3n) is 2.67. The highest BCUT2D eigenvalue weighted by Gasteiger charge is 2.32. The van der Waals surface area contributed by atoms with Crippen molar-refractivity contribution in [3.63, 3.8) is 0 Å². The summed E-state index contributed by atoms with van der Waals surface area (Å²) < 4.78 is 0. The minimum absolute atomic E-state index is 0. The van der Waals surface area contributed by atoms with E-state index in [1.54, 1.807) is 6.92 Å². The number of likely N-dealkylation sites (tertiary alicyclic amines) is 1. The zero-order valence-corrected chi connectivity index (χ0v) is 9.59. The molecule has 0 aromatic heterocycles. The smallest absolute Gasteiger partial charge is 0.239 e. The molecule has 4 N–H and O–H groups in total. The van der Waals surface area contributed by atoms with Crippen LogP contribution in [0.2, 0.25) is 0 Å². The molecule has 0 spiro atoms. The van der Waals surface area contributed by atoms with Crippen molar-refractivity contribution in [3.8, 4) is 0 Å². The van der Waals surface area contributed by atoms with Gasteiger partial charge in [0.2, 0.25) is 5.91 Å². The molecule has 0 bridgehead atoms. The summed E-state index contributed by atoms with van der Waals surface area (Å²) in [5, 5.41) is 0. The van der Waals surface area contributed by atoms with Crippen LogP contribution in [-0.4, -0.2) is 36.0 Å². The average molecular weight is 222 g/mol. The molecule has 14 heavy (non-hydrogen) atoms. The summed E-state index contributed by atoms with van der Waals surface area (Å²) in [7, 11) is 0. The lowest BCUT2D eigenvalue weighted by molar-refractivity contribution is -0.132. The number of nitrogens with zero attached hydrogens (tertiary/aromatic N) is 1. The first-order chi connectivity index (χ1) is 6.06. The summed E-state index contributed by atoms with van der Waals surface area (Å²) in [4.78, 5) is 13.4. The number of hydrogen-bond acceptors (Lipinski definition) is 3. The van der Waals surface area contributed by atoms with E-state index in [0.717, 1.165) is 13.0 Å². The number of carbonyl (C=O) groups is 1. The summed E-state index contributed by atoms with van der Waals surface area (Å²) in [5.74, 6) is 0.501. The van der Waals surface area contributed by atoms with Gasteiger partial charge in [0, 0.05) is 12.6 Å². The highest BCUT2D eigenvalue weighted by Crippen LogP contribution is 2.22. The van der Waals surface area contributed by atoms with Crippen molar-refractivity contribution in [2.24, 2.45) is 17.4 Å². The van der Waals surface area contributed by atoms with Crippen molar-refractivity contribution < 1.29 is 4.79 Å². The number of nitrogens with two attached hydrogens (primary N) is 2. The van der Waals surface area contributed by atoms with E-state index in [1.807, 2.05) is 4.90 Å². The van der Waals surface area contributed by atoms with Gasteiger partial charge in [-0.05, 0) is 32.7 Å². The van der Waals surface area contributed by atoms with Crippen LogP contribution < -0.4 is 11.5 Å². The van der Waals surface area contributed by atoms with Crippen molar-refractivity contribution in [1.82, 2.24) is 4.90 Å². The van der Waals surface area contributed by atoms with E-state index in [4.69, 9.17) is 11.5 Å². The molecule has 3 atom stereocenters. The summed E-state index contributed by atoms with van der Waals surface area (Å²) in [6, 6.07) is -0.0916. The summed E-state index contributed by atoms with van der Waals surface area (Å²) in [5.41, 5.74) is 11.1. The topological polar surface area (TPSA) is 72.4 Å². The first-order valence-electron chi connectivity index (χ1n) is 4.82. The SMILES string of the molecule is CC(N)C(=O)N1CC(CN)CC1C.Cl. The molecule has 1 fully saturated rings. The van der Waals surface area contributed by atoms with Crippen LogP contribution in [0.1, 0.15) is 20.3 Å². The predicted molar refractivity (Wildman–Crippen MR) is 59.2 cm³/mol. The molecule has 0 aliphatic carbocycles. The minimum Gasteiger partial charge on any atom is -0.338 e. The molecule has 5 heteroatoms. The van der Waals surface area contributed by atoms with Crippen molar-refractivity contribution in [2.45, 2.75) is 32.4 Å². The van der Waals surface area contributed by atoms with Crippen LogP contribution in [0.3, 0.4) is 0 Å². The molecule has 84 valence electrons. The van der Waals surface area contributed by atoms with Crippen LogP contribution in [0.4, 0.5) is 0 Å². The third-order valence-corrected chi connectivity index (χ3v) is 2.67. The van der Waals surface area contributed by atoms with Gasteiger partial charge >= 0.3 is 0 Å². The molecule has 1 rings (SSSR count). The van der Waals surface area contributed by atoms with Gasteiger partial charge < -0.3 is 16.4 Å². The van der Waals surface area contributed by atoms with Gasteiger partial charge in [0.1, 0.15) is 0 Å². The Labute approximate surface area is 91.4 Å². The monoisotopic (exact) mass is 221 g/mol. The molecule has 4 nitrogen and oxygen atoms in total. The molecule has 0 radical (unpaired) electrons. The molecule has 1 aliphatic heterocycles. The normalized spacial score (nSPS) is 28.4. The van der Waals surface area contributed by atoms with Crippen molar-refractivity contribution >= 4 is 18.3 Å². The van der Waals surface area contributed by atoms with Crippen molar-refractivity contribution in [1.29, 1.82) is 0 Å². The van der Waals surface area contributed by atoms with Gasteiger partial charge in [-0.2, -0.15) is 0 Å². The van der Waals surface area contributed by atoms with Gasteiger partial charge in [0.05, 0.1) is 6.04 Å². The fourth-order valence-corrected chi connectivity index (χ4v) is 1.88. The van der Waals surface area contributed by atoms with Gasteiger partial charge in [0.25, 0.3) is 0 Å². The Balaban J connectivity index is 0.00000169. The van der Waals surface area contributed by atoms with E-state index in [1.165, 1.54) is 0 Å². The molecule has 1 saturated heterocycles. The molecular formula is C9H20ClN3O. The summed E-state index contributed by atoms with van der Waals surface area (Å²) in [6.07, 6.45) is 1.01. The number of halogens is 1. The van der Waals surface area contributed by atoms with Gasteiger partial charge in [-0.25, -0.2) is 0 Å². The zero-order valence-electron chi connectivity index (χ0n) is 8.77. The number of carbonyl (C=O) groups excluding carboxylic acids is 1. The average Bonchev–Trinajstić information content (AvgIpc) is 2.45. The lowest BCUT2D eigenvalue weighted by Gasteiger charge is -2.23. The van der Waals surface area contributed by atoms with Crippen LogP contribution in [-0.2, 0) is 4.79 Å². The van der Waals surface area contributed by atoms with Crippen LogP contribution in [0.25, 0.3) is 0 Å². The second kappa shape index (κ2) is 5.53. The van der Waals surface area contributed by atoms with E-state index in [-0.39, 0.29) is 24.4 Å². The Morgan fingerprint density at radius 2 is 2.21 bits per heavy atom. The van der Waals surface area contributed by atoms with Gasteiger partial charge in [-0.1, -0.05) is 0 Å². The van der Waals surface area contributed by atoms with E-state index >= 15 is 0 Å². The standard InChI is InChI=1S/C9H19N3O.ClH/c1-6-3-8(4-10)5-12(6)9(13)7(2)11;/h6-8H,3-5,10-11H2,1-2H3;1H. The molecule has 3 unspecified atom stereocenters. The molecule has 1 amide bonds. The predicted octanol–water partition coefficient (Wildman–Crippen LogP) is -0.0489. The molecule has 1 heterocycles. The first-order valence-corrected chi connectivity index (χ1v) is 4.82. The first kappa shape index (κ1) is 13.7. The second-order valence-corrected chi connectivity index (χ2v) is 3.97. The number of hydrogen-bond donors (Lipinski definition) is 2. The Kier molecular flexibility index (Phi) is 5.41. The molecule has 0 aromatic rings. The lowest BCUT2D eigenvalue weighted by atomic mass is 10.1. The maximum absolute atomic E-state index is 11.6. The Morgan fingerprint density at radius 1 is 1.64 bits per heavy atom. The van der Waals surface area contributed by atoms with Crippen LogP contribution in [0, 0.1) is 5.92 Å². The molecular weight excluding hydrogens is 202 g/mol. The van der Waals surface area contributed by atoms with Gasteiger partial charge in [-0.3, -0.25) is 4.79 Å². The van der Waals surface area contributed by atoms with E-state index in [2.05, 4.69) is 6.92 Å². The fourth-order valence-electron chi connectivity index (χ4n) is 1.88. The minimum atomic E-state index is -0.390. The maximum Gasteiger partial charge on any atom is 0.239 e. The zero-order chi connectivity index (χ0) is 10.0. The van der Waals surface area contributed by atoms with E-state index in [0.29, 0.717) is 18.5 Å². The Hall–Kier alpha value is -0.320. The van der Waals surface area contributed by atoms with Crippen LogP contribution in [0.15, 0.2) is 0 Å². The number of rotatable bonds is 2. The third kappa shape index (κ3) is 2.83. The van der Waals surface area contributed by atoms with Gasteiger partial charge in [0.15, 0.2) is 0 Å². The van der Waals surface area contributed by atoms with E-state index < -0.39 is 0 Å². The largest absolute Gasteiger partial charge is 0.338 e. The Morgan fingerprint density at radius 3 is 2.57 bits per heavy atom. The molecule has 0 aromatic carbocycles. The highest BCUT2D eigenvalue weighted by atomic mass is 35.5. The van der Waals surface area contributed by atoms with E-state index in [9.17, 15) is 4.79 Å². The van der Waals surface area contributed by atoms with Crippen LogP contribution >= 0.6 is 12.4 Å². The Bertz CT molecular complexity index is 198. The highest BCUT2D eigenvalue weighted by molar-refractivity contribution is 5.85. The summed E-state index contributed by atoms with van der Waals surface area (Å²) in [6.45, 7) is 5.21. The van der Waals surface area contributed by atoms with Crippen LogP contribution in [0.5, 0.6) is 0 Å². The quantitative estimate of drug-likeness (QED) is 0.687. The lowest BCUT2D eigenvalue weighted by Crippen LogP contribution is -2.43. The second-order valence-electron chi connectivity index (χ2n) is 3.97. The van der Waals surface area contributed by atoms with Gasteiger partial charge in [-0.15, -0.1) is 12.4 Å². The summed E-state index contributed by atoms with van der Waals surface area (Å²) >= 11 is 0. The van der Waals surface area contributed by atoms with Crippen molar-refractivity contribution in [3.05, 3.63) is 0 Å². The fraction of sp³-hybridized carbons (Fsp3) is 0.889. The molecule has 0 saturated carbocycles. The number of amides is 1. The molecule has 1 aliphatic rings. The maximum atomic E-state index is 11.6. The van der Waals surface area contributed by atoms with Crippen molar-refractivity contribution in [2.75, 3.05) is 13.1 Å².